The minimum atomic E-state index is -3.18. The van der Waals surface area contributed by atoms with Gasteiger partial charge in [-0.25, -0.2) is 8.42 Å². The Morgan fingerprint density at radius 1 is 1.18 bits per heavy atom. The highest BCUT2D eigenvalue weighted by atomic mass is 79.9. The summed E-state index contributed by atoms with van der Waals surface area (Å²) >= 11 is 3.55. The number of hydrogen-bond acceptors (Lipinski definition) is 2. The summed E-state index contributed by atoms with van der Waals surface area (Å²) in [6.45, 7) is 2.18. The zero-order valence-corrected chi connectivity index (χ0v) is 12.2. The number of hydrogen-bond donors (Lipinski definition) is 0. The molecular weight excluding hydrogens is 300 g/mol. The predicted molar refractivity (Wildman–Crippen MR) is 73.1 cm³/mol. The molecule has 0 spiro atoms. The van der Waals surface area contributed by atoms with E-state index in [9.17, 15) is 8.42 Å². The van der Waals surface area contributed by atoms with Crippen molar-refractivity contribution in [3.63, 3.8) is 0 Å². The fourth-order valence-electron chi connectivity index (χ4n) is 2.42. The third-order valence-electron chi connectivity index (χ3n) is 3.45. The van der Waals surface area contributed by atoms with Crippen molar-refractivity contribution < 1.29 is 8.42 Å². The lowest BCUT2D eigenvalue weighted by molar-refractivity contribution is 0.394. The molecule has 0 bridgehead atoms. The van der Waals surface area contributed by atoms with Crippen LogP contribution in [0.3, 0.4) is 0 Å². The van der Waals surface area contributed by atoms with Gasteiger partial charge in [0.1, 0.15) is 0 Å². The van der Waals surface area contributed by atoms with E-state index in [4.69, 9.17) is 0 Å². The molecule has 0 aliphatic heterocycles. The summed E-state index contributed by atoms with van der Waals surface area (Å²) < 4.78 is 24.9. The third-order valence-corrected chi connectivity index (χ3v) is 7.10. The van der Waals surface area contributed by atoms with Crippen molar-refractivity contribution in [3.8, 4) is 0 Å². The first-order valence-electron chi connectivity index (χ1n) is 5.95. The van der Waals surface area contributed by atoms with Crippen molar-refractivity contribution in [2.75, 3.05) is 0 Å². The molecule has 17 heavy (non-hydrogen) atoms. The zero-order valence-electron chi connectivity index (χ0n) is 9.84. The highest BCUT2D eigenvalue weighted by molar-refractivity contribution is 9.09. The molecule has 94 valence electrons. The van der Waals surface area contributed by atoms with E-state index in [1.54, 1.807) is 24.3 Å². The van der Waals surface area contributed by atoms with Crippen LogP contribution in [0.15, 0.2) is 35.2 Å². The Balaban J connectivity index is 2.28. The molecule has 0 heterocycles. The molecule has 3 atom stereocenters. The van der Waals surface area contributed by atoms with Gasteiger partial charge >= 0.3 is 0 Å². The van der Waals surface area contributed by atoms with Crippen molar-refractivity contribution in [2.45, 2.75) is 41.2 Å². The minimum Gasteiger partial charge on any atom is -0.223 e. The molecule has 0 N–H and O–H groups in total. The second-order valence-corrected chi connectivity index (χ2v) is 8.17. The van der Waals surface area contributed by atoms with Crippen LogP contribution in [0.2, 0.25) is 0 Å². The van der Waals surface area contributed by atoms with Gasteiger partial charge in [-0.2, -0.15) is 0 Å². The van der Waals surface area contributed by atoms with Gasteiger partial charge in [-0.15, -0.1) is 0 Å². The van der Waals surface area contributed by atoms with Gasteiger partial charge in [0.25, 0.3) is 0 Å². The predicted octanol–water partition coefficient (Wildman–Crippen LogP) is 3.41. The molecule has 0 amide bonds. The maximum Gasteiger partial charge on any atom is 0.182 e. The lowest BCUT2D eigenvalue weighted by Gasteiger charge is -2.30. The molecule has 1 aromatic carbocycles. The van der Waals surface area contributed by atoms with Crippen LogP contribution in [0.1, 0.15) is 26.2 Å². The van der Waals surface area contributed by atoms with E-state index in [0.29, 0.717) is 10.8 Å². The summed E-state index contributed by atoms with van der Waals surface area (Å²) in [4.78, 5) is 0.528. The SMILES string of the molecule is CC1CCC(S(=O)(=O)c2ccccc2)C(Br)C1. The van der Waals surface area contributed by atoms with Gasteiger partial charge in [-0.1, -0.05) is 41.1 Å². The van der Waals surface area contributed by atoms with Gasteiger partial charge in [0.15, 0.2) is 9.84 Å². The Labute approximate surface area is 111 Å². The summed E-state index contributed by atoms with van der Waals surface area (Å²) in [5.41, 5.74) is 0. The second-order valence-electron chi connectivity index (χ2n) is 4.83. The van der Waals surface area contributed by atoms with E-state index in [2.05, 4.69) is 22.9 Å². The van der Waals surface area contributed by atoms with Crippen LogP contribution in [0.5, 0.6) is 0 Å². The zero-order chi connectivity index (χ0) is 12.5. The van der Waals surface area contributed by atoms with Crippen LogP contribution in [-0.2, 0) is 9.84 Å². The first-order chi connectivity index (χ1) is 8.01. The molecule has 2 nitrogen and oxygen atoms in total. The molecule has 0 radical (unpaired) electrons. The van der Waals surface area contributed by atoms with Gasteiger partial charge in [0.05, 0.1) is 10.1 Å². The molecule has 0 saturated heterocycles. The van der Waals surface area contributed by atoms with E-state index < -0.39 is 9.84 Å². The molecule has 1 aliphatic rings. The van der Waals surface area contributed by atoms with Crippen molar-refractivity contribution in [1.29, 1.82) is 0 Å². The average Bonchev–Trinajstić information content (AvgIpc) is 2.29. The number of sulfone groups is 1. The number of benzene rings is 1. The Morgan fingerprint density at radius 2 is 1.82 bits per heavy atom. The number of halogens is 1. The molecule has 1 aliphatic carbocycles. The summed E-state index contributed by atoms with van der Waals surface area (Å²) in [6.07, 6.45) is 2.70. The summed E-state index contributed by atoms with van der Waals surface area (Å²) in [7, 11) is -3.18. The summed E-state index contributed by atoms with van der Waals surface area (Å²) in [5.74, 6) is 0.613. The highest BCUT2D eigenvalue weighted by Crippen LogP contribution is 2.35. The van der Waals surface area contributed by atoms with Crippen LogP contribution < -0.4 is 0 Å². The van der Waals surface area contributed by atoms with Gasteiger partial charge < -0.3 is 0 Å². The van der Waals surface area contributed by atoms with Crippen LogP contribution in [-0.4, -0.2) is 18.5 Å². The van der Waals surface area contributed by atoms with Gasteiger partial charge in [-0.05, 0) is 37.3 Å². The normalized spacial score (nSPS) is 30.1. The Morgan fingerprint density at radius 3 is 2.41 bits per heavy atom. The maximum absolute atomic E-state index is 12.5. The first-order valence-corrected chi connectivity index (χ1v) is 8.41. The van der Waals surface area contributed by atoms with Crippen molar-refractivity contribution in [2.24, 2.45) is 5.92 Å². The van der Waals surface area contributed by atoms with E-state index >= 15 is 0 Å². The van der Waals surface area contributed by atoms with Crippen LogP contribution in [0.4, 0.5) is 0 Å². The molecule has 1 saturated carbocycles. The smallest absolute Gasteiger partial charge is 0.182 e. The largest absolute Gasteiger partial charge is 0.223 e. The van der Waals surface area contributed by atoms with Gasteiger partial charge in [0, 0.05) is 4.83 Å². The fraction of sp³-hybridized carbons (Fsp3) is 0.538. The third kappa shape index (κ3) is 2.74. The topological polar surface area (TPSA) is 34.1 Å². The number of rotatable bonds is 2. The fourth-order valence-corrected chi connectivity index (χ4v) is 6.01. The van der Waals surface area contributed by atoms with Crippen LogP contribution in [0, 0.1) is 5.92 Å². The van der Waals surface area contributed by atoms with Gasteiger partial charge in [-0.3, -0.25) is 0 Å². The lowest BCUT2D eigenvalue weighted by atomic mass is 9.90. The highest BCUT2D eigenvalue weighted by Gasteiger charge is 2.36. The minimum absolute atomic E-state index is 0.0801. The Bertz CT molecular complexity index is 469. The standard InChI is InChI=1S/C13H17BrO2S/c1-10-7-8-13(12(14)9-10)17(15,16)11-5-3-2-4-6-11/h2-6,10,12-13H,7-9H2,1H3. The second kappa shape index (κ2) is 5.11. The lowest BCUT2D eigenvalue weighted by Crippen LogP contribution is -2.35. The molecule has 2 rings (SSSR count). The summed E-state index contributed by atoms with van der Waals surface area (Å²) in [5, 5.41) is -0.277. The Kier molecular flexibility index (Phi) is 3.93. The van der Waals surface area contributed by atoms with Gasteiger partial charge in [0.2, 0.25) is 0 Å². The summed E-state index contributed by atoms with van der Waals surface area (Å²) in [6, 6.07) is 8.77. The van der Waals surface area contributed by atoms with E-state index in [1.807, 2.05) is 6.07 Å². The molecular formula is C13H17BrO2S. The average molecular weight is 317 g/mol. The quantitative estimate of drug-likeness (QED) is 0.783. The van der Waals surface area contributed by atoms with Crippen LogP contribution in [0.25, 0.3) is 0 Å². The Hall–Kier alpha value is -0.350. The van der Waals surface area contributed by atoms with Crippen LogP contribution >= 0.6 is 15.9 Å². The van der Waals surface area contributed by atoms with Crippen molar-refractivity contribution >= 4 is 25.8 Å². The van der Waals surface area contributed by atoms with E-state index in [1.165, 1.54) is 0 Å². The molecule has 3 unspecified atom stereocenters. The van der Waals surface area contributed by atoms with Crippen molar-refractivity contribution in [3.05, 3.63) is 30.3 Å². The first kappa shape index (κ1) is 13.1. The van der Waals surface area contributed by atoms with Crippen molar-refractivity contribution in [1.82, 2.24) is 0 Å². The van der Waals surface area contributed by atoms with E-state index in [0.717, 1.165) is 19.3 Å². The molecule has 1 fully saturated rings. The molecule has 0 aromatic heterocycles. The van der Waals surface area contributed by atoms with E-state index in [-0.39, 0.29) is 10.1 Å². The number of alkyl halides is 1. The maximum atomic E-state index is 12.5. The molecule has 4 heteroatoms. The molecule has 1 aromatic rings. The monoisotopic (exact) mass is 316 g/mol.